The molecule has 1 N–H and O–H groups in total. The fourth-order valence-electron chi connectivity index (χ4n) is 2.63. The summed E-state index contributed by atoms with van der Waals surface area (Å²) >= 11 is 1.24. The molecule has 2 aromatic carbocycles. The summed E-state index contributed by atoms with van der Waals surface area (Å²) < 4.78 is 1.89. The van der Waals surface area contributed by atoms with Crippen LogP contribution in [0.15, 0.2) is 66.3 Å². The molecule has 29 heavy (non-hydrogen) atoms. The van der Waals surface area contributed by atoms with E-state index in [9.17, 15) is 14.9 Å². The molecule has 0 spiro atoms. The molecule has 0 aliphatic rings. The molecule has 3 aromatic rings. The van der Waals surface area contributed by atoms with Crippen LogP contribution in [-0.4, -0.2) is 31.3 Å². The Morgan fingerprint density at radius 3 is 2.72 bits per heavy atom. The number of nitrogens with one attached hydrogen (secondary N) is 1. The van der Waals surface area contributed by atoms with Crippen LogP contribution >= 0.6 is 11.8 Å². The van der Waals surface area contributed by atoms with Crippen molar-refractivity contribution in [1.82, 2.24) is 14.8 Å². The van der Waals surface area contributed by atoms with Crippen molar-refractivity contribution >= 4 is 29.0 Å². The van der Waals surface area contributed by atoms with Gasteiger partial charge < -0.3 is 5.32 Å². The van der Waals surface area contributed by atoms with E-state index >= 15 is 0 Å². The summed E-state index contributed by atoms with van der Waals surface area (Å²) in [6.45, 7) is 6.30. The highest BCUT2D eigenvalue weighted by Crippen LogP contribution is 2.25. The Balaban J connectivity index is 1.70. The van der Waals surface area contributed by atoms with Gasteiger partial charge in [0.25, 0.3) is 5.69 Å². The normalized spacial score (nSPS) is 10.5. The predicted molar refractivity (Wildman–Crippen MR) is 113 cm³/mol. The number of thioether (sulfide) groups is 1. The van der Waals surface area contributed by atoms with Gasteiger partial charge in [-0.2, -0.15) is 0 Å². The maximum Gasteiger partial charge on any atom is 0.271 e. The summed E-state index contributed by atoms with van der Waals surface area (Å²) in [5, 5.41) is 22.6. The third-order valence-corrected chi connectivity index (χ3v) is 4.98. The van der Waals surface area contributed by atoms with E-state index in [1.54, 1.807) is 12.1 Å². The SMILES string of the molecule is C=CCn1c(SCC(=O)Nc2cccc([N+](=O)[O-])c2)nnc1-c1ccc(C)cc1. The number of amides is 1. The molecular formula is C20H19N5O3S. The molecule has 0 saturated heterocycles. The number of nitrogens with zero attached hydrogens (tertiary/aromatic N) is 4. The maximum absolute atomic E-state index is 12.3. The summed E-state index contributed by atoms with van der Waals surface area (Å²) in [4.78, 5) is 22.6. The van der Waals surface area contributed by atoms with E-state index in [0.29, 0.717) is 23.2 Å². The molecule has 0 aliphatic carbocycles. The molecule has 0 unspecified atom stereocenters. The minimum Gasteiger partial charge on any atom is -0.325 e. The maximum atomic E-state index is 12.3. The van der Waals surface area contributed by atoms with Crippen molar-refractivity contribution in [3.8, 4) is 11.4 Å². The van der Waals surface area contributed by atoms with E-state index in [-0.39, 0.29) is 17.3 Å². The van der Waals surface area contributed by atoms with Crippen LogP contribution < -0.4 is 5.32 Å². The van der Waals surface area contributed by atoms with Crippen LogP contribution in [0, 0.1) is 17.0 Å². The molecule has 9 heteroatoms. The van der Waals surface area contributed by atoms with Gasteiger partial charge in [0.1, 0.15) is 0 Å². The molecule has 148 valence electrons. The van der Waals surface area contributed by atoms with Gasteiger partial charge in [0, 0.05) is 29.9 Å². The number of anilines is 1. The van der Waals surface area contributed by atoms with Gasteiger partial charge in [-0.3, -0.25) is 19.5 Å². The summed E-state index contributed by atoms with van der Waals surface area (Å²) in [6.07, 6.45) is 1.74. The van der Waals surface area contributed by atoms with Gasteiger partial charge in [0.2, 0.25) is 5.91 Å². The summed E-state index contributed by atoms with van der Waals surface area (Å²) in [5.41, 5.74) is 2.37. The summed E-state index contributed by atoms with van der Waals surface area (Å²) in [7, 11) is 0. The Morgan fingerprint density at radius 2 is 2.03 bits per heavy atom. The number of hydrogen-bond acceptors (Lipinski definition) is 6. The molecule has 3 rings (SSSR count). The molecule has 0 fully saturated rings. The molecular weight excluding hydrogens is 390 g/mol. The minimum atomic E-state index is -0.505. The molecule has 1 aromatic heterocycles. The number of nitro groups is 1. The molecule has 0 bridgehead atoms. The third-order valence-electron chi connectivity index (χ3n) is 4.01. The molecule has 0 atom stereocenters. The Morgan fingerprint density at radius 1 is 1.28 bits per heavy atom. The van der Waals surface area contributed by atoms with Gasteiger partial charge >= 0.3 is 0 Å². The number of carbonyl (C=O) groups excluding carboxylic acids is 1. The van der Waals surface area contributed by atoms with E-state index in [1.807, 2.05) is 35.8 Å². The van der Waals surface area contributed by atoms with Gasteiger partial charge in [0.05, 0.1) is 10.7 Å². The van der Waals surface area contributed by atoms with Crippen molar-refractivity contribution in [1.29, 1.82) is 0 Å². The Hall–Kier alpha value is -3.46. The first-order valence-electron chi connectivity index (χ1n) is 8.76. The van der Waals surface area contributed by atoms with E-state index in [1.165, 1.54) is 30.0 Å². The van der Waals surface area contributed by atoms with Crippen molar-refractivity contribution in [3.63, 3.8) is 0 Å². The first-order valence-corrected chi connectivity index (χ1v) is 9.74. The lowest BCUT2D eigenvalue weighted by atomic mass is 10.1. The van der Waals surface area contributed by atoms with Crippen LogP contribution in [0.5, 0.6) is 0 Å². The lowest BCUT2D eigenvalue weighted by molar-refractivity contribution is -0.384. The second-order valence-electron chi connectivity index (χ2n) is 6.22. The van der Waals surface area contributed by atoms with Crippen molar-refractivity contribution < 1.29 is 9.72 Å². The number of non-ortho nitro benzene ring substituents is 1. The highest BCUT2D eigenvalue weighted by atomic mass is 32.2. The topological polar surface area (TPSA) is 103 Å². The van der Waals surface area contributed by atoms with Gasteiger partial charge in [-0.1, -0.05) is 53.7 Å². The van der Waals surface area contributed by atoms with Crippen LogP contribution in [0.25, 0.3) is 11.4 Å². The quantitative estimate of drug-likeness (QED) is 0.260. The average Bonchev–Trinajstić information content (AvgIpc) is 3.10. The second kappa shape index (κ2) is 9.16. The number of aromatic nitrogens is 3. The standard InChI is InChI=1S/C20H19N5O3S/c1-3-11-24-19(15-9-7-14(2)8-10-15)22-23-20(24)29-13-18(26)21-16-5-4-6-17(12-16)25(27)28/h3-10,12H,1,11,13H2,2H3,(H,21,26). The lowest BCUT2D eigenvalue weighted by Crippen LogP contribution is -2.14. The molecule has 1 amide bonds. The minimum absolute atomic E-state index is 0.0797. The number of benzene rings is 2. The number of nitro benzene ring substituents is 1. The van der Waals surface area contributed by atoms with Crippen LogP contribution in [0.4, 0.5) is 11.4 Å². The second-order valence-corrected chi connectivity index (χ2v) is 7.16. The van der Waals surface area contributed by atoms with Gasteiger partial charge in [-0.15, -0.1) is 16.8 Å². The fraction of sp³-hybridized carbons (Fsp3) is 0.150. The van der Waals surface area contributed by atoms with Crippen LogP contribution in [-0.2, 0) is 11.3 Å². The molecule has 0 aliphatic heterocycles. The zero-order chi connectivity index (χ0) is 20.8. The van der Waals surface area contributed by atoms with Crippen LogP contribution in [0.1, 0.15) is 5.56 Å². The van der Waals surface area contributed by atoms with Crippen LogP contribution in [0.2, 0.25) is 0 Å². The van der Waals surface area contributed by atoms with Crippen molar-refractivity contribution in [3.05, 3.63) is 76.9 Å². The molecule has 0 radical (unpaired) electrons. The van der Waals surface area contributed by atoms with Crippen molar-refractivity contribution in [2.45, 2.75) is 18.6 Å². The lowest BCUT2D eigenvalue weighted by Gasteiger charge is -2.08. The Labute approximate surface area is 171 Å². The number of allylic oxidation sites excluding steroid dienone is 1. The van der Waals surface area contributed by atoms with Crippen molar-refractivity contribution in [2.24, 2.45) is 0 Å². The Bertz CT molecular complexity index is 1050. The third kappa shape index (κ3) is 5.08. The van der Waals surface area contributed by atoms with E-state index in [4.69, 9.17) is 0 Å². The fourth-order valence-corrected chi connectivity index (χ4v) is 3.38. The van der Waals surface area contributed by atoms with Gasteiger partial charge in [0.15, 0.2) is 11.0 Å². The first-order chi connectivity index (χ1) is 14.0. The zero-order valence-corrected chi connectivity index (χ0v) is 16.6. The average molecular weight is 409 g/mol. The summed E-state index contributed by atoms with van der Waals surface area (Å²) in [6, 6.07) is 13.8. The number of rotatable bonds is 8. The largest absolute Gasteiger partial charge is 0.325 e. The van der Waals surface area contributed by atoms with E-state index in [2.05, 4.69) is 22.1 Å². The van der Waals surface area contributed by atoms with E-state index in [0.717, 1.165) is 11.1 Å². The smallest absolute Gasteiger partial charge is 0.271 e. The highest BCUT2D eigenvalue weighted by Gasteiger charge is 2.15. The monoisotopic (exact) mass is 409 g/mol. The zero-order valence-electron chi connectivity index (χ0n) is 15.7. The molecule has 1 heterocycles. The summed E-state index contributed by atoms with van der Waals surface area (Å²) in [5.74, 6) is 0.498. The number of carbonyl (C=O) groups is 1. The van der Waals surface area contributed by atoms with Crippen LogP contribution in [0.3, 0.4) is 0 Å². The van der Waals surface area contributed by atoms with Gasteiger partial charge in [-0.25, -0.2) is 0 Å². The molecule has 0 saturated carbocycles. The highest BCUT2D eigenvalue weighted by molar-refractivity contribution is 7.99. The molecule has 8 nitrogen and oxygen atoms in total. The van der Waals surface area contributed by atoms with Gasteiger partial charge in [-0.05, 0) is 13.0 Å². The van der Waals surface area contributed by atoms with E-state index < -0.39 is 4.92 Å². The van der Waals surface area contributed by atoms with Crippen molar-refractivity contribution in [2.75, 3.05) is 11.1 Å². The Kier molecular flexibility index (Phi) is 6.40. The number of hydrogen-bond donors (Lipinski definition) is 1. The first kappa shape index (κ1) is 20.3. The predicted octanol–water partition coefficient (Wildman–Crippen LogP) is 4.08. The number of aryl methyl sites for hydroxylation is 1.